The molecule has 0 radical (unpaired) electrons. The first kappa shape index (κ1) is 27.9. The summed E-state index contributed by atoms with van der Waals surface area (Å²) in [5, 5.41) is 13.3. The Balaban J connectivity index is 1.59. The second-order valence-electron chi connectivity index (χ2n) is 10.3. The molecule has 0 unspecified atom stereocenters. The predicted octanol–water partition coefficient (Wildman–Crippen LogP) is 2.53. The summed E-state index contributed by atoms with van der Waals surface area (Å²) in [6, 6.07) is 3.32. The highest BCUT2D eigenvalue weighted by Gasteiger charge is 2.43. The van der Waals surface area contributed by atoms with E-state index in [0.717, 1.165) is 0 Å². The van der Waals surface area contributed by atoms with Gasteiger partial charge in [0.05, 0.1) is 4.92 Å². The molecule has 202 valence electrons. The predicted molar refractivity (Wildman–Crippen MR) is 131 cm³/mol. The Hall–Kier alpha value is -3.70. The average molecular weight is 519 g/mol. The lowest BCUT2D eigenvalue weighted by Gasteiger charge is -2.32. The minimum Gasteiger partial charge on any atom is -0.459 e. The van der Waals surface area contributed by atoms with Crippen LogP contribution < -0.4 is 5.32 Å². The van der Waals surface area contributed by atoms with E-state index in [9.17, 15) is 29.3 Å². The third kappa shape index (κ3) is 7.17. The summed E-state index contributed by atoms with van der Waals surface area (Å²) in [6.07, 6.45) is 1.45. The molecule has 2 heterocycles. The molecule has 1 aromatic rings. The van der Waals surface area contributed by atoms with Crippen molar-refractivity contribution in [3.8, 4) is 0 Å². The van der Waals surface area contributed by atoms with Gasteiger partial charge in [0.15, 0.2) is 0 Å². The molecule has 12 heteroatoms. The van der Waals surface area contributed by atoms with Crippen LogP contribution in [0.15, 0.2) is 24.3 Å². The van der Waals surface area contributed by atoms with Gasteiger partial charge >= 0.3 is 12.1 Å². The maximum Gasteiger partial charge on any atom is 0.408 e. The Morgan fingerprint density at radius 3 is 2.24 bits per heavy atom. The molecule has 0 bridgehead atoms. The van der Waals surface area contributed by atoms with E-state index in [1.807, 2.05) is 0 Å². The van der Waals surface area contributed by atoms with Crippen molar-refractivity contribution >= 4 is 29.6 Å². The number of benzene rings is 1. The number of esters is 1. The van der Waals surface area contributed by atoms with Gasteiger partial charge in [-0.15, -0.1) is 0 Å². The lowest BCUT2D eigenvalue weighted by Crippen LogP contribution is -2.55. The third-order valence-corrected chi connectivity index (χ3v) is 6.26. The van der Waals surface area contributed by atoms with Crippen LogP contribution in [0.4, 0.5) is 10.5 Å². The summed E-state index contributed by atoms with van der Waals surface area (Å²) in [5.74, 6) is -1.26. The van der Waals surface area contributed by atoms with Crippen molar-refractivity contribution in [2.75, 3.05) is 13.1 Å². The molecular formula is C25H34N4O8. The summed E-state index contributed by atoms with van der Waals surface area (Å²) in [6.45, 7) is 7.38. The highest BCUT2D eigenvalue weighted by atomic mass is 16.6. The number of rotatable bonds is 7. The molecule has 12 nitrogen and oxygen atoms in total. The van der Waals surface area contributed by atoms with Gasteiger partial charge in [-0.1, -0.05) is 0 Å². The molecule has 0 spiro atoms. The molecule has 2 saturated heterocycles. The van der Waals surface area contributed by atoms with Gasteiger partial charge in [0.25, 0.3) is 5.69 Å². The Bertz CT molecular complexity index is 1040. The van der Waals surface area contributed by atoms with Crippen LogP contribution in [0, 0.1) is 10.1 Å². The number of non-ortho nitro benzene ring substituents is 1. The highest BCUT2D eigenvalue weighted by molar-refractivity contribution is 5.93. The van der Waals surface area contributed by atoms with E-state index in [0.29, 0.717) is 44.3 Å². The molecule has 2 aliphatic heterocycles. The minimum atomic E-state index is -0.885. The van der Waals surface area contributed by atoms with Crippen LogP contribution in [0.3, 0.4) is 0 Å². The van der Waals surface area contributed by atoms with Crippen molar-refractivity contribution in [3.05, 3.63) is 39.9 Å². The zero-order valence-corrected chi connectivity index (χ0v) is 21.6. The van der Waals surface area contributed by atoms with Gasteiger partial charge in [0, 0.05) is 25.2 Å². The molecule has 37 heavy (non-hydrogen) atoms. The number of carbonyl (C=O) groups is 4. The van der Waals surface area contributed by atoms with E-state index in [-0.39, 0.29) is 18.2 Å². The van der Waals surface area contributed by atoms with Gasteiger partial charge in [-0.05, 0) is 71.1 Å². The zero-order valence-electron chi connectivity index (χ0n) is 21.6. The Kier molecular flexibility index (Phi) is 8.72. The van der Waals surface area contributed by atoms with Crippen LogP contribution in [0.1, 0.15) is 58.9 Å². The van der Waals surface area contributed by atoms with E-state index < -0.39 is 46.6 Å². The molecule has 1 aromatic carbocycles. The fourth-order valence-corrected chi connectivity index (χ4v) is 4.51. The standard InChI is InChI=1S/C25H34N4O8/c1-16(26-24(33)37-25(2,3)4)21(30)27-13-5-7-19(27)22(31)28-14-6-8-20(28)23(32)36-15-17-9-11-18(12-10-17)29(34)35/h9-12,16,19-20H,5-8,13-15H2,1-4H3,(H,26,33)/t16-,19-,20-/m0/s1. The summed E-state index contributed by atoms with van der Waals surface area (Å²) >= 11 is 0. The normalized spacial score (nSPS) is 20.3. The van der Waals surface area contributed by atoms with E-state index in [1.54, 1.807) is 27.7 Å². The van der Waals surface area contributed by atoms with Gasteiger partial charge in [-0.2, -0.15) is 0 Å². The molecule has 3 atom stereocenters. The number of alkyl carbamates (subject to hydrolysis) is 1. The van der Waals surface area contributed by atoms with Crippen molar-refractivity contribution < 1.29 is 33.6 Å². The number of carbonyl (C=O) groups excluding carboxylic acids is 4. The van der Waals surface area contributed by atoms with Crippen molar-refractivity contribution in [1.29, 1.82) is 0 Å². The van der Waals surface area contributed by atoms with Crippen LogP contribution >= 0.6 is 0 Å². The number of nitrogens with zero attached hydrogens (tertiary/aromatic N) is 3. The largest absolute Gasteiger partial charge is 0.459 e. The Morgan fingerprint density at radius 2 is 1.65 bits per heavy atom. The first-order chi connectivity index (χ1) is 17.4. The number of nitro benzene ring substituents is 1. The first-order valence-corrected chi connectivity index (χ1v) is 12.4. The SMILES string of the molecule is C[C@H](NC(=O)OC(C)(C)C)C(=O)N1CCC[C@H]1C(=O)N1CCC[C@H]1C(=O)OCc1ccc([N+](=O)[O-])cc1. The summed E-state index contributed by atoms with van der Waals surface area (Å²) in [4.78, 5) is 64.6. The van der Waals surface area contributed by atoms with Crippen molar-refractivity contribution in [2.45, 2.75) is 83.7 Å². The fraction of sp³-hybridized carbons (Fsp3) is 0.600. The monoisotopic (exact) mass is 518 g/mol. The van der Waals surface area contributed by atoms with Crippen LogP contribution in [0.2, 0.25) is 0 Å². The maximum atomic E-state index is 13.4. The van der Waals surface area contributed by atoms with Crippen molar-refractivity contribution in [3.63, 3.8) is 0 Å². The van der Waals surface area contributed by atoms with Gasteiger partial charge in [-0.25, -0.2) is 9.59 Å². The van der Waals surface area contributed by atoms with Crippen LogP contribution in [-0.4, -0.2) is 75.4 Å². The number of likely N-dealkylation sites (tertiary alicyclic amines) is 2. The smallest absolute Gasteiger partial charge is 0.408 e. The fourth-order valence-electron chi connectivity index (χ4n) is 4.51. The number of hydrogen-bond donors (Lipinski definition) is 1. The topological polar surface area (TPSA) is 148 Å². The van der Waals surface area contributed by atoms with Crippen LogP contribution in [-0.2, 0) is 30.5 Å². The van der Waals surface area contributed by atoms with E-state index in [1.165, 1.54) is 34.1 Å². The average Bonchev–Trinajstić information content (AvgIpc) is 3.50. The molecule has 0 aliphatic carbocycles. The lowest BCUT2D eigenvalue weighted by molar-refractivity contribution is -0.384. The van der Waals surface area contributed by atoms with Crippen molar-refractivity contribution in [2.24, 2.45) is 0 Å². The first-order valence-electron chi connectivity index (χ1n) is 12.4. The molecule has 0 saturated carbocycles. The molecule has 2 aliphatic rings. The van der Waals surface area contributed by atoms with Gasteiger partial charge < -0.3 is 24.6 Å². The molecule has 1 N–H and O–H groups in total. The number of hydrogen-bond acceptors (Lipinski definition) is 8. The summed E-state index contributed by atoms with van der Waals surface area (Å²) in [5.41, 5.74) is -0.181. The zero-order chi connectivity index (χ0) is 27.3. The van der Waals surface area contributed by atoms with Gasteiger partial charge in [0.1, 0.15) is 30.3 Å². The third-order valence-electron chi connectivity index (χ3n) is 6.26. The summed E-state index contributed by atoms with van der Waals surface area (Å²) < 4.78 is 10.6. The highest BCUT2D eigenvalue weighted by Crippen LogP contribution is 2.26. The molecule has 0 aromatic heterocycles. The Morgan fingerprint density at radius 1 is 1.05 bits per heavy atom. The molecular weight excluding hydrogens is 484 g/mol. The number of nitrogens with one attached hydrogen (secondary N) is 1. The van der Waals surface area contributed by atoms with E-state index in [2.05, 4.69) is 5.32 Å². The van der Waals surface area contributed by atoms with Crippen LogP contribution in [0.5, 0.6) is 0 Å². The second-order valence-corrected chi connectivity index (χ2v) is 10.3. The van der Waals surface area contributed by atoms with Gasteiger partial charge in [0.2, 0.25) is 11.8 Å². The van der Waals surface area contributed by atoms with Crippen molar-refractivity contribution in [1.82, 2.24) is 15.1 Å². The number of nitro groups is 1. The van der Waals surface area contributed by atoms with Gasteiger partial charge in [-0.3, -0.25) is 19.7 Å². The molecule has 2 fully saturated rings. The maximum absolute atomic E-state index is 13.4. The second kappa shape index (κ2) is 11.6. The minimum absolute atomic E-state index is 0.0612. The van der Waals surface area contributed by atoms with Crippen LogP contribution in [0.25, 0.3) is 0 Å². The quantitative estimate of drug-likeness (QED) is 0.329. The molecule has 3 rings (SSSR count). The van der Waals surface area contributed by atoms with E-state index >= 15 is 0 Å². The number of ether oxygens (including phenoxy) is 2. The molecule has 3 amide bonds. The Labute approximate surface area is 215 Å². The summed E-state index contributed by atoms with van der Waals surface area (Å²) in [7, 11) is 0. The van der Waals surface area contributed by atoms with E-state index in [4.69, 9.17) is 9.47 Å². The lowest BCUT2D eigenvalue weighted by atomic mass is 10.1. The number of amides is 3.